The third-order valence-corrected chi connectivity index (χ3v) is 2.95. The fraction of sp³-hybridized carbons (Fsp3) is 0.533. The second-order valence-corrected chi connectivity index (χ2v) is 4.72. The summed E-state index contributed by atoms with van der Waals surface area (Å²) in [4.78, 5) is 0. The monoisotopic (exact) mass is 203 g/mol. The van der Waals surface area contributed by atoms with Crippen LogP contribution in [0.5, 0.6) is 0 Å². The molecule has 0 nitrogen and oxygen atoms in total. The minimum absolute atomic E-state index is 0.657. The van der Waals surface area contributed by atoms with E-state index in [-0.39, 0.29) is 0 Å². The molecule has 0 unspecified atom stereocenters. The summed E-state index contributed by atoms with van der Waals surface area (Å²) in [5.74, 6) is 1.48. The Morgan fingerprint density at radius 3 is 2.27 bits per heavy atom. The Balaban J connectivity index is 2.43. The van der Waals surface area contributed by atoms with Crippen LogP contribution in [-0.4, -0.2) is 0 Å². The Bertz CT molecular complexity index is 248. The summed E-state index contributed by atoms with van der Waals surface area (Å²) in [7, 11) is 0. The summed E-state index contributed by atoms with van der Waals surface area (Å²) in [6.07, 6.45) is 4.96. The lowest BCUT2D eigenvalue weighted by molar-refractivity contribution is 0.500. The largest absolute Gasteiger partial charge is 0.0628 e. The molecular weight excluding hydrogens is 180 g/mol. The first kappa shape index (κ1) is 12.3. The summed E-state index contributed by atoms with van der Waals surface area (Å²) in [6, 6.07) is 10.8. The first-order valence-electron chi connectivity index (χ1n) is 6.08. The van der Waals surface area contributed by atoms with E-state index in [0.717, 1.165) is 12.3 Å². The Morgan fingerprint density at radius 2 is 1.73 bits per heavy atom. The molecule has 1 radical (unpaired) electrons. The number of hydrogen-bond acceptors (Lipinski definition) is 0. The van der Waals surface area contributed by atoms with Gasteiger partial charge in [-0.05, 0) is 30.2 Å². The summed E-state index contributed by atoms with van der Waals surface area (Å²) in [5.41, 5.74) is 1.45. The molecule has 1 atom stereocenters. The molecule has 0 heterocycles. The van der Waals surface area contributed by atoms with E-state index in [4.69, 9.17) is 0 Å². The van der Waals surface area contributed by atoms with Gasteiger partial charge < -0.3 is 0 Å². The van der Waals surface area contributed by atoms with E-state index in [1.807, 2.05) is 0 Å². The van der Waals surface area contributed by atoms with Crippen LogP contribution in [-0.2, 0) is 0 Å². The summed E-state index contributed by atoms with van der Waals surface area (Å²) < 4.78 is 0. The van der Waals surface area contributed by atoms with Gasteiger partial charge in [0.1, 0.15) is 0 Å². The molecule has 0 heteroatoms. The van der Waals surface area contributed by atoms with Crippen molar-refractivity contribution in [2.75, 3.05) is 0 Å². The molecule has 0 bridgehead atoms. The van der Waals surface area contributed by atoms with Gasteiger partial charge in [0.05, 0.1) is 0 Å². The van der Waals surface area contributed by atoms with Gasteiger partial charge in [0.2, 0.25) is 0 Å². The zero-order valence-corrected chi connectivity index (χ0v) is 10.1. The summed E-state index contributed by atoms with van der Waals surface area (Å²) >= 11 is 0. The molecule has 0 aliphatic heterocycles. The van der Waals surface area contributed by atoms with Crippen LogP contribution in [0.3, 0.4) is 0 Å². The van der Waals surface area contributed by atoms with Crippen molar-refractivity contribution >= 4 is 0 Å². The highest BCUT2D eigenvalue weighted by Gasteiger charge is 2.08. The van der Waals surface area contributed by atoms with Gasteiger partial charge in [0.25, 0.3) is 0 Å². The van der Waals surface area contributed by atoms with Gasteiger partial charge in [0, 0.05) is 0 Å². The molecule has 0 saturated carbocycles. The van der Waals surface area contributed by atoms with Crippen molar-refractivity contribution in [3.8, 4) is 0 Å². The van der Waals surface area contributed by atoms with Crippen LogP contribution < -0.4 is 0 Å². The van der Waals surface area contributed by atoms with Gasteiger partial charge in [-0.25, -0.2) is 0 Å². The first-order chi connectivity index (χ1) is 7.24. The van der Waals surface area contributed by atoms with Gasteiger partial charge in [-0.2, -0.15) is 0 Å². The summed E-state index contributed by atoms with van der Waals surface area (Å²) in [5, 5.41) is 0. The van der Waals surface area contributed by atoms with E-state index in [1.54, 1.807) is 0 Å². The highest BCUT2D eigenvalue weighted by molar-refractivity contribution is 5.19. The topological polar surface area (TPSA) is 0 Å². The standard InChI is InChI=1S/C15H23/c1-4-14(12-8-9-13(2)3)15-10-6-5-7-11-15/h5-7,10-11,13-14H,1,4,8-9,12H2,2-3H3/t14-/m0/s1. The molecule has 15 heavy (non-hydrogen) atoms. The van der Waals surface area contributed by atoms with Crippen molar-refractivity contribution in [2.24, 2.45) is 5.92 Å². The predicted octanol–water partition coefficient (Wildman–Crippen LogP) is 4.82. The van der Waals surface area contributed by atoms with Crippen LogP contribution in [0.4, 0.5) is 0 Å². The fourth-order valence-corrected chi connectivity index (χ4v) is 1.98. The third-order valence-electron chi connectivity index (χ3n) is 2.95. The van der Waals surface area contributed by atoms with Crippen LogP contribution in [0.15, 0.2) is 30.3 Å². The van der Waals surface area contributed by atoms with E-state index in [9.17, 15) is 0 Å². The Morgan fingerprint density at radius 1 is 1.07 bits per heavy atom. The number of hydrogen-bond donors (Lipinski definition) is 0. The van der Waals surface area contributed by atoms with Crippen molar-refractivity contribution in [1.29, 1.82) is 0 Å². The van der Waals surface area contributed by atoms with Gasteiger partial charge in [0.15, 0.2) is 0 Å². The maximum absolute atomic E-state index is 4.06. The van der Waals surface area contributed by atoms with Crippen molar-refractivity contribution < 1.29 is 0 Å². The van der Waals surface area contributed by atoms with E-state index in [1.165, 1.54) is 24.8 Å². The average Bonchev–Trinajstić information content (AvgIpc) is 2.25. The van der Waals surface area contributed by atoms with Gasteiger partial charge >= 0.3 is 0 Å². The van der Waals surface area contributed by atoms with Crippen LogP contribution >= 0.6 is 0 Å². The first-order valence-corrected chi connectivity index (χ1v) is 6.08. The summed E-state index contributed by atoms with van der Waals surface area (Å²) in [6.45, 7) is 8.65. The maximum atomic E-state index is 4.06. The molecule has 0 N–H and O–H groups in total. The van der Waals surface area contributed by atoms with Gasteiger partial charge in [-0.3, -0.25) is 0 Å². The Kier molecular flexibility index (Phi) is 5.45. The van der Waals surface area contributed by atoms with Gasteiger partial charge in [-0.15, -0.1) is 0 Å². The minimum atomic E-state index is 0.657. The molecular formula is C15H23. The Labute approximate surface area is 94.7 Å². The van der Waals surface area contributed by atoms with Crippen molar-refractivity contribution in [3.63, 3.8) is 0 Å². The van der Waals surface area contributed by atoms with Gasteiger partial charge in [-0.1, -0.05) is 63.9 Å². The zero-order valence-electron chi connectivity index (χ0n) is 10.1. The normalized spacial score (nSPS) is 13.1. The van der Waals surface area contributed by atoms with Crippen LogP contribution in [0, 0.1) is 12.8 Å². The SMILES string of the molecule is [CH2]C[C@@H](CCCC(C)C)c1ccccc1. The molecule has 1 aromatic rings. The number of rotatable bonds is 6. The minimum Gasteiger partial charge on any atom is -0.0628 e. The molecule has 0 aliphatic carbocycles. The maximum Gasteiger partial charge on any atom is -0.0162 e. The van der Waals surface area contributed by atoms with Crippen molar-refractivity contribution in [1.82, 2.24) is 0 Å². The van der Waals surface area contributed by atoms with Crippen molar-refractivity contribution in [2.45, 2.75) is 45.4 Å². The van der Waals surface area contributed by atoms with Crippen LogP contribution in [0.25, 0.3) is 0 Å². The molecule has 0 amide bonds. The molecule has 0 fully saturated rings. The lowest BCUT2D eigenvalue weighted by atomic mass is 9.90. The fourth-order valence-electron chi connectivity index (χ4n) is 1.98. The molecule has 1 aromatic carbocycles. The zero-order chi connectivity index (χ0) is 11.1. The third kappa shape index (κ3) is 4.51. The molecule has 0 aromatic heterocycles. The average molecular weight is 203 g/mol. The number of benzene rings is 1. The molecule has 0 aliphatic rings. The quantitative estimate of drug-likeness (QED) is 0.621. The van der Waals surface area contributed by atoms with E-state index in [2.05, 4.69) is 51.1 Å². The smallest absolute Gasteiger partial charge is 0.0162 e. The second-order valence-electron chi connectivity index (χ2n) is 4.72. The predicted molar refractivity (Wildman–Crippen MR) is 67.8 cm³/mol. The highest BCUT2D eigenvalue weighted by atomic mass is 14.1. The Hall–Kier alpha value is -0.780. The lowest BCUT2D eigenvalue weighted by Gasteiger charge is -2.15. The highest BCUT2D eigenvalue weighted by Crippen LogP contribution is 2.25. The van der Waals surface area contributed by atoms with E-state index in [0.29, 0.717) is 5.92 Å². The molecule has 0 spiro atoms. The van der Waals surface area contributed by atoms with Crippen molar-refractivity contribution in [3.05, 3.63) is 42.8 Å². The lowest BCUT2D eigenvalue weighted by Crippen LogP contribution is -1.98. The van der Waals surface area contributed by atoms with E-state index >= 15 is 0 Å². The van der Waals surface area contributed by atoms with Crippen LogP contribution in [0.2, 0.25) is 0 Å². The van der Waals surface area contributed by atoms with E-state index < -0.39 is 0 Å². The molecule has 83 valence electrons. The second kappa shape index (κ2) is 6.66. The van der Waals surface area contributed by atoms with Crippen LogP contribution in [0.1, 0.15) is 51.0 Å². The molecule has 0 saturated heterocycles. The molecule has 1 rings (SSSR count).